The molecule has 2 fully saturated rings. The van der Waals surface area contributed by atoms with Gasteiger partial charge in [-0.15, -0.1) is 0 Å². The summed E-state index contributed by atoms with van der Waals surface area (Å²) in [6, 6.07) is -0.434. The molecule has 0 aromatic rings. The molecule has 0 radical (unpaired) electrons. The molecule has 2 rings (SSSR count). The van der Waals surface area contributed by atoms with Gasteiger partial charge in [0.15, 0.2) is 0 Å². The van der Waals surface area contributed by atoms with Crippen molar-refractivity contribution >= 4 is 17.8 Å². The second-order valence-corrected chi connectivity index (χ2v) is 6.41. The van der Waals surface area contributed by atoms with E-state index in [1.54, 1.807) is 18.7 Å². The maximum atomic E-state index is 12.3. The number of nitrogens with one attached hydrogen (secondary N) is 1. The van der Waals surface area contributed by atoms with Gasteiger partial charge < -0.3 is 15.3 Å². The molecule has 1 saturated heterocycles. The van der Waals surface area contributed by atoms with E-state index in [0.29, 0.717) is 13.0 Å². The van der Waals surface area contributed by atoms with Crippen molar-refractivity contribution in [2.24, 2.45) is 5.92 Å². The zero-order chi connectivity index (χ0) is 14.9. The van der Waals surface area contributed by atoms with Gasteiger partial charge in [0.05, 0.1) is 6.42 Å². The number of carbonyl (C=O) groups is 3. The summed E-state index contributed by atoms with van der Waals surface area (Å²) in [6.45, 7) is 3.99. The highest BCUT2D eigenvalue weighted by Gasteiger charge is 2.41. The van der Waals surface area contributed by atoms with Crippen molar-refractivity contribution in [2.45, 2.75) is 57.5 Å². The fourth-order valence-corrected chi connectivity index (χ4v) is 2.71. The van der Waals surface area contributed by atoms with E-state index in [1.807, 2.05) is 0 Å². The maximum absolute atomic E-state index is 12.3. The lowest BCUT2D eigenvalue weighted by molar-refractivity contribution is -0.142. The second-order valence-electron chi connectivity index (χ2n) is 6.41. The van der Waals surface area contributed by atoms with Gasteiger partial charge in [-0.2, -0.15) is 0 Å². The highest BCUT2D eigenvalue weighted by Crippen LogP contribution is 2.33. The summed E-state index contributed by atoms with van der Waals surface area (Å²) >= 11 is 0. The molecule has 0 aromatic heterocycles. The van der Waals surface area contributed by atoms with Crippen molar-refractivity contribution in [2.75, 3.05) is 6.54 Å². The van der Waals surface area contributed by atoms with Gasteiger partial charge in [-0.25, -0.2) is 0 Å². The number of aliphatic carboxylic acids is 1. The van der Waals surface area contributed by atoms with E-state index in [1.165, 1.54) is 0 Å². The van der Waals surface area contributed by atoms with Crippen LogP contribution in [0.5, 0.6) is 0 Å². The molecule has 6 nitrogen and oxygen atoms in total. The van der Waals surface area contributed by atoms with Crippen LogP contribution in [0.25, 0.3) is 0 Å². The fourth-order valence-electron chi connectivity index (χ4n) is 2.71. The number of amides is 2. The van der Waals surface area contributed by atoms with Gasteiger partial charge in [0.25, 0.3) is 0 Å². The van der Waals surface area contributed by atoms with Gasteiger partial charge in [-0.05, 0) is 39.5 Å². The topological polar surface area (TPSA) is 86.7 Å². The monoisotopic (exact) mass is 282 g/mol. The minimum atomic E-state index is -0.951. The normalized spacial score (nSPS) is 22.7. The summed E-state index contributed by atoms with van der Waals surface area (Å²) in [5.74, 6) is -0.996. The Morgan fingerprint density at radius 3 is 2.45 bits per heavy atom. The largest absolute Gasteiger partial charge is 0.481 e. The Morgan fingerprint density at radius 1 is 1.25 bits per heavy atom. The summed E-state index contributed by atoms with van der Waals surface area (Å²) in [4.78, 5) is 36.9. The van der Waals surface area contributed by atoms with Gasteiger partial charge in [0, 0.05) is 18.0 Å². The molecule has 0 bridgehead atoms. The second kappa shape index (κ2) is 5.42. The SMILES string of the molecule is CC(C)(CC(=O)O)NC(=O)C1CCCN1C(=O)C1CC1. The number of hydrogen-bond donors (Lipinski definition) is 2. The minimum absolute atomic E-state index is 0.0821. The van der Waals surface area contributed by atoms with E-state index < -0.39 is 17.6 Å². The number of likely N-dealkylation sites (tertiary alicyclic amines) is 1. The molecule has 1 heterocycles. The van der Waals surface area contributed by atoms with Crippen LogP contribution in [0.1, 0.15) is 46.0 Å². The molecule has 2 aliphatic rings. The van der Waals surface area contributed by atoms with Crippen molar-refractivity contribution in [3.05, 3.63) is 0 Å². The van der Waals surface area contributed by atoms with Crippen LogP contribution >= 0.6 is 0 Å². The molecule has 1 unspecified atom stereocenters. The third-order valence-electron chi connectivity index (χ3n) is 3.82. The van der Waals surface area contributed by atoms with E-state index in [4.69, 9.17) is 5.11 Å². The van der Waals surface area contributed by atoms with Crippen LogP contribution in [-0.4, -0.2) is 45.9 Å². The quantitative estimate of drug-likeness (QED) is 0.779. The third-order valence-corrected chi connectivity index (χ3v) is 3.82. The first-order valence-corrected chi connectivity index (χ1v) is 7.14. The standard InChI is InChI=1S/C14H22N2O4/c1-14(2,8-11(17)18)15-12(19)10-4-3-7-16(10)13(20)9-5-6-9/h9-10H,3-8H2,1-2H3,(H,15,19)(H,17,18). The maximum Gasteiger partial charge on any atom is 0.305 e. The van der Waals surface area contributed by atoms with E-state index in [0.717, 1.165) is 19.3 Å². The molecular weight excluding hydrogens is 260 g/mol. The van der Waals surface area contributed by atoms with Crippen LogP contribution in [0.15, 0.2) is 0 Å². The molecule has 1 atom stereocenters. The summed E-state index contributed by atoms with van der Waals surface area (Å²) in [7, 11) is 0. The van der Waals surface area contributed by atoms with E-state index in [2.05, 4.69) is 5.32 Å². The molecule has 6 heteroatoms. The number of carbonyl (C=O) groups excluding carboxylic acids is 2. The molecule has 1 saturated carbocycles. The molecule has 2 N–H and O–H groups in total. The van der Waals surface area contributed by atoms with Crippen LogP contribution in [0.4, 0.5) is 0 Å². The number of hydrogen-bond acceptors (Lipinski definition) is 3. The molecule has 0 aromatic carbocycles. The van der Waals surface area contributed by atoms with Gasteiger partial charge in [0.2, 0.25) is 11.8 Å². The Morgan fingerprint density at radius 2 is 1.90 bits per heavy atom. The van der Waals surface area contributed by atoms with E-state index >= 15 is 0 Å². The minimum Gasteiger partial charge on any atom is -0.481 e. The van der Waals surface area contributed by atoms with Crippen molar-refractivity contribution in [3.8, 4) is 0 Å². The van der Waals surface area contributed by atoms with Crippen molar-refractivity contribution in [1.82, 2.24) is 10.2 Å². The third kappa shape index (κ3) is 3.49. The Labute approximate surface area is 118 Å². The predicted octanol–water partition coefficient (Wildman–Crippen LogP) is 0.757. The van der Waals surface area contributed by atoms with E-state index in [-0.39, 0.29) is 24.2 Å². The highest BCUT2D eigenvalue weighted by atomic mass is 16.4. The lowest BCUT2D eigenvalue weighted by Crippen LogP contribution is -2.53. The van der Waals surface area contributed by atoms with Gasteiger partial charge >= 0.3 is 5.97 Å². The summed E-state index contributed by atoms with van der Waals surface area (Å²) in [5, 5.41) is 11.6. The Bertz CT molecular complexity index is 429. The molecule has 1 aliphatic carbocycles. The van der Waals surface area contributed by atoms with Crippen molar-refractivity contribution in [3.63, 3.8) is 0 Å². The summed E-state index contributed by atoms with van der Waals surface area (Å²) < 4.78 is 0. The lowest BCUT2D eigenvalue weighted by Gasteiger charge is -2.30. The van der Waals surface area contributed by atoms with Crippen molar-refractivity contribution in [1.29, 1.82) is 0 Å². The number of rotatable bonds is 5. The molecular formula is C14H22N2O4. The molecule has 2 amide bonds. The number of nitrogens with zero attached hydrogens (tertiary/aromatic N) is 1. The molecule has 112 valence electrons. The number of carboxylic acids is 1. The Hall–Kier alpha value is -1.59. The average molecular weight is 282 g/mol. The van der Waals surface area contributed by atoms with Gasteiger partial charge in [0.1, 0.15) is 6.04 Å². The zero-order valence-corrected chi connectivity index (χ0v) is 12.0. The fraction of sp³-hybridized carbons (Fsp3) is 0.786. The van der Waals surface area contributed by atoms with Crippen LogP contribution in [0.3, 0.4) is 0 Å². The van der Waals surface area contributed by atoms with Crippen molar-refractivity contribution < 1.29 is 19.5 Å². The van der Waals surface area contributed by atoms with Crippen LogP contribution in [0.2, 0.25) is 0 Å². The van der Waals surface area contributed by atoms with Gasteiger partial charge in [-0.3, -0.25) is 14.4 Å². The first-order valence-electron chi connectivity index (χ1n) is 7.14. The molecule has 0 spiro atoms. The van der Waals surface area contributed by atoms with Crippen LogP contribution in [0, 0.1) is 5.92 Å². The number of carboxylic acid groups (broad SMARTS) is 1. The van der Waals surface area contributed by atoms with E-state index in [9.17, 15) is 14.4 Å². The van der Waals surface area contributed by atoms with Crippen LogP contribution < -0.4 is 5.32 Å². The highest BCUT2D eigenvalue weighted by molar-refractivity contribution is 5.90. The van der Waals surface area contributed by atoms with Gasteiger partial charge in [-0.1, -0.05) is 0 Å². The summed E-state index contributed by atoms with van der Waals surface area (Å²) in [6.07, 6.45) is 3.20. The Balaban J connectivity index is 1.97. The first kappa shape index (κ1) is 14.8. The first-order chi connectivity index (χ1) is 9.30. The molecule has 1 aliphatic heterocycles. The molecule has 20 heavy (non-hydrogen) atoms. The Kier molecular flexibility index (Phi) is 4.01. The van der Waals surface area contributed by atoms with Crippen LogP contribution in [-0.2, 0) is 14.4 Å². The smallest absolute Gasteiger partial charge is 0.305 e. The lowest BCUT2D eigenvalue weighted by atomic mass is 10.00. The summed E-state index contributed by atoms with van der Waals surface area (Å²) in [5.41, 5.74) is -0.806. The zero-order valence-electron chi connectivity index (χ0n) is 12.0. The average Bonchev–Trinajstić information content (AvgIpc) is 3.02. The predicted molar refractivity (Wildman–Crippen MR) is 71.9 cm³/mol.